The van der Waals surface area contributed by atoms with Gasteiger partial charge in [0.2, 0.25) is 0 Å². The zero-order chi connectivity index (χ0) is 22.3. The van der Waals surface area contributed by atoms with Crippen LogP contribution in [0.2, 0.25) is 10.0 Å². The summed E-state index contributed by atoms with van der Waals surface area (Å²) in [5.41, 5.74) is 3.20. The van der Waals surface area contributed by atoms with Gasteiger partial charge in [0, 0.05) is 0 Å². The van der Waals surface area contributed by atoms with Crippen molar-refractivity contribution >= 4 is 41.2 Å². The fourth-order valence-corrected chi connectivity index (χ4v) is 3.01. The standard InChI is InChI=1S/C21H23Cl2N3O4/c1-4-30-17-10-13(9-16(23)19(17)27)11-24-26-21(29)18(12(2)3)25-20(28)14-7-5-6-8-15(14)22/h5-12,18,27H,4H2,1-3H3,(H,25,28)(H,26,29). The predicted molar refractivity (Wildman–Crippen MR) is 118 cm³/mol. The van der Waals surface area contributed by atoms with Gasteiger partial charge in [-0.2, -0.15) is 5.10 Å². The number of halogens is 2. The minimum atomic E-state index is -0.826. The molecule has 1 atom stereocenters. The molecule has 0 saturated heterocycles. The van der Waals surface area contributed by atoms with Crippen molar-refractivity contribution in [1.82, 2.24) is 10.7 Å². The zero-order valence-electron chi connectivity index (χ0n) is 16.8. The van der Waals surface area contributed by atoms with Crippen LogP contribution in [0.1, 0.15) is 36.7 Å². The van der Waals surface area contributed by atoms with Crippen LogP contribution in [0.25, 0.3) is 0 Å². The summed E-state index contributed by atoms with van der Waals surface area (Å²) in [7, 11) is 0. The van der Waals surface area contributed by atoms with Crippen LogP contribution in [-0.2, 0) is 4.79 Å². The number of amides is 2. The van der Waals surface area contributed by atoms with Gasteiger partial charge in [-0.3, -0.25) is 9.59 Å². The van der Waals surface area contributed by atoms with E-state index in [1.807, 2.05) is 0 Å². The molecule has 0 bridgehead atoms. The fraction of sp³-hybridized carbons (Fsp3) is 0.286. The maximum absolute atomic E-state index is 12.6. The Labute approximate surface area is 185 Å². The SMILES string of the molecule is CCOc1cc(C=NNC(=O)C(NC(=O)c2ccccc2Cl)C(C)C)cc(Cl)c1O. The molecule has 0 aromatic heterocycles. The van der Waals surface area contributed by atoms with Gasteiger partial charge in [0.05, 0.1) is 28.4 Å². The van der Waals surface area contributed by atoms with Crippen LogP contribution in [0, 0.1) is 5.92 Å². The van der Waals surface area contributed by atoms with E-state index >= 15 is 0 Å². The van der Waals surface area contributed by atoms with E-state index in [9.17, 15) is 14.7 Å². The molecule has 2 amide bonds. The molecule has 2 aromatic carbocycles. The first-order valence-electron chi connectivity index (χ1n) is 9.28. The van der Waals surface area contributed by atoms with Gasteiger partial charge in [-0.1, -0.05) is 49.2 Å². The second-order valence-corrected chi connectivity index (χ2v) is 7.51. The van der Waals surface area contributed by atoms with Gasteiger partial charge < -0.3 is 15.2 Å². The van der Waals surface area contributed by atoms with Crippen molar-refractivity contribution in [1.29, 1.82) is 0 Å². The average Bonchev–Trinajstić information content (AvgIpc) is 2.69. The van der Waals surface area contributed by atoms with Crippen LogP contribution >= 0.6 is 23.2 Å². The molecular weight excluding hydrogens is 429 g/mol. The number of hydrazone groups is 1. The molecule has 2 aromatic rings. The Bertz CT molecular complexity index is 948. The number of aromatic hydroxyl groups is 1. The van der Waals surface area contributed by atoms with Gasteiger partial charge in [0.1, 0.15) is 6.04 Å². The van der Waals surface area contributed by atoms with Gasteiger partial charge in [-0.05, 0) is 42.7 Å². The summed E-state index contributed by atoms with van der Waals surface area (Å²) < 4.78 is 5.31. The summed E-state index contributed by atoms with van der Waals surface area (Å²) in [6.45, 7) is 5.73. The first-order chi connectivity index (χ1) is 14.2. The Morgan fingerprint density at radius 3 is 2.53 bits per heavy atom. The molecule has 0 aliphatic carbocycles. The van der Waals surface area contributed by atoms with Gasteiger partial charge in [0.25, 0.3) is 11.8 Å². The average molecular weight is 452 g/mol. The van der Waals surface area contributed by atoms with Crippen LogP contribution in [0.15, 0.2) is 41.5 Å². The lowest BCUT2D eigenvalue weighted by atomic mass is 10.0. The highest BCUT2D eigenvalue weighted by atomic mass is 35.5. The molecule has 7 nitrogen and oxygen atoms in total. The first-order valence-corrected chi connectivity index (χ1v) is 10.0. The van der Waals surface area contributed by atoms with Crippen molar-refractivity contribution < 1.29 is 19.4 Å². The summed E-state index contributed by atoms with van der Waals surface area (Å²) >= 11 is 12.0. The molecule has 1 unspecified atom stereocenters. The van der Waals surface area contributed by atoms with Crippen molar-refractivity contribution in [3.63, 3.8) is 0 Å². The van der Waals surface area contributed by atoms with E-state index in [1.54, 1.807) is 51.1 Å². The van der Waals surface area contributed by atoms with Gasteiger partial charge in [-0.25, -0.2) is 5.43 Å². The normalized spacial score (nSPS) is 12.1. The maximum Gasteiger partial charge on any atom is 0.262 e. The summed E-state index contributed by atoms with van der Waals surface area (Å²) in [6, 6.07) is 8.78. The van der Waals surface area contributed by atoms with E-state index in [0.717, 1.165) is 0 Å². The van der Waals surface area contributed by atoms with Crippen molar-refractivity contribution in [3.8, 4) is 11.5 Å². The number of carbonyl (C=O) groups excluding carboxylic acids is 2. The quantitative estimate of drug-likeness (QED) is 0.416. The maximum atomic E-state index is 12.6. The van der Waals surface area contributed by atoms with E-state index < -0.39 is 17.9 Å². The number of rotatable bonds is 8. The van der Waals surface area contributed by atoms with Crippen molar-refractivity contribution in [2.75, 3.05) is 6.61 Å². The second-order valence-electron chi connectivity index (χ2n) is 6.69. The third kappa shape index (κ3) is 6.11. The van der Waals surface area contributed by atoms with Crippen LogP contribution in [-0.4, -0.2) is 35.8 Å². The summed E-state index contributed by atoms with van der Waals surface area (Å²) in [5, 5.41) is 16.9. The highest BCUT2D eigenvalue weighted by Crippen LogP contribution is 2.34. The summed E-state index contributed by atoms with van der Waals surface area (Å²) in [5.74, 6) is -1.09. The molecule has 2 rings (SSSR count). The number of hydrogen-bond acceptors (Lipinski definition) is 5. The largest absolute Gasteiger partial charge is 0.503 e. The number of nitrogens with zero attached hydrogens (tertiary/aromatic N) is 1. The highest BCUT2D eigenvalue weighted by Gasteiger charge is 2.25. The van der Waals surface area contributed by atoms with E-state index in [-0.39, 0.29) is 28.0 Å². The Morgan fingerprint density at radius 2 is 1.90 bits per heavy atom. The van der Waals surface area contributed by atoms with Crippen LogP contribution in [0.5, 0.6) is 11.5 Å². The lowest BCUT2D eigenvalue weighted by Crippen LogP contribution is -2.48. The number of nitrogens with one attached hydrogen (secondary N) is 2. The number of benzene rings is 2. The lowest BCUT2D eigenvalue weighted by Gasteiger charge is -2.20. The lowest BCUT2D eigenvalue weighted by molar-refractivity contribution is -0.123. The van der Waals surface area contributed by atoms with Crippen molar-refractivity contribution in [2.45, 2.75) is 26.8 Å². The van der Waals surface area contributed by atoms with Crippen LogP contribution < -0.4 is 15.5 Å². The molecule has 0 heterocycles. The minimum absolute atomic E-state index is 0.0980. The van der Waals surface area contributed by atoms with Crippen LogP contribution in [0.4, 0.5) is 0 Å². The second kappa shape index (κ2) is 10.8. The van der Waals surface area contributed by atoms with Gasteiger partial charge >= 0.3 is 0 Å². The Kier molecular flexibility index (Phi) is 8.50. The molecule has 0 spiro atoms. The number of carbonyl (C=O) groups is 2. The van der Waals surface area contributed by atoms with Gasteiger partial charge in [-0.15, -0.1) is 0 Å². The molecule has 0 aliphatic rings. The van der Waals surface area contributed by atoms with E-state index in [0.29, 0.717) is 17.2 Å². The molecule has 0 saturated carbocycles. The van der Waals surface area contributed by atoms with Crippen molar-refractivity contribution in [3.05, 3.63) is 57.6 Å². The molecule has 0 fully saturated rings. The smallest absolute Gasteiger partial charge is 0.262 e. The Morgan fingerprint density at radius 1 is 1.20 bits per heavy atom. The molecule has 0 radical (unpaired) electrons. The first kappa shape index (κ1) is 23.5. The summed E-state index contributed by atoms with van der Waals surface area (Å²) in [4.78, 5) is 25.0. The monoisotopic (exact) mass is 451 g/mol. The topological polar surface area (TPSA) is 100 Å². The van der Waals surface area contributed by atoms with E-state index in [2.05, 4.69) is 15.8 Å². The zero-order valence-corrected chi connectivity index (χ0v) is 18.3. The van der Waals surface area contributed by atoms with Crippen molar-refractivity contribution in [2.24, 2.45) is 11.0 Å². The van der Waals surface area contributed by atoms with Gasteiger partial charge in [0.15, 0.2) is 11.5 Å². The molecule has 160 valence electrons. The summed E-state index contributed by atoms with van der Waals surface area (Å²) in [6.07, 6.45) is 1.36. The van der Waals surface area contributed by atoms with E-state index in [4.69, 9.17) is 27.9 Å². The Balaban J connectivity index is 2.09. The number of hydrogen-bond donors (Lipinski definition) is 3. The number of ether oxygens (including phenoxy) is 1. The highest BCUT2D eigenvalue weighted by molar-refractivity contribution is 6.34. The molecule has 3 N–H and O–H groups in total. The Hall–Kier alpha value is -2.77. The molecule has 9 heteroatoms. The third-order valence-corrected chi connectivity index (χ3v) is 4.71. The third-order valence-electron chi connectivity index (χ3n) is 4.09. The predicted octanol–water partition coefficient (Wildman–Crippen LogP) is 4.00. The number of phenolic OH excluding ortho intramolecular Hbond substituents is 1. The van der Waals surface area contributed by atoms with E-state index in [1.165, 1.54) is 12.3 Å². The molecule has 30 heavy (non-hydrogen) atoms. The number of phenols is 1. The van der Waals surface area contributed by atoms with Crippen LogP contribution in [0.3, 0.4) is 0 Å². The minimum Gasteiger partial charge on any atom is -0.503 e. The molecule has 0 aliphatic heterocycles. The fourth-order valence-electron chi connectivity index (χ4n) is 2.57. The molecular formula is C21H23Cl2N3O4.